The van der Waals surface area contributed by atoms with E-state index in [1.165, 1.54) is 26.0 Å². The van der Waals surface area contributed by atoms with Crippen molar-refractivity contribution in [3.63, 3.8) is 0 Å². The first-order valence-corrected chi connectivity index (χ1v) is 10.2. The zero-order valence-corrected chi connectivity index (χ0v) is 16.9. The molecule has 30 heavy (non-hydrogen) atoms. The fourth-order valence-electron chi connectivity index (χ4n) is 4.58. The van der Waals surface area contributed by atoms with Gasteiger partial charge in [0.1, 0.15) is 17.1 Å². The summed E-state index contributed by atoms with van der Waals surface area (Å²) in [4.78, 5) is 28.1. The number of hydrogen-bond acceptors (Lipinski definition) is 4. The van der Waals surface area contributed by atoms with Gasteiger partial charge in [0.2, 0.25) is 5.78 Å². The minimum Gasteiger partial charge on any atom is -0.507 e. The van der Waals surface area contributed by atoms with Crippen molar-refractivity contribution in [1.29, 1.82) is 0 Å². The fourth-order valence-corrected chi connectivity index (χ4v) is 4.58. The molecule has 0 aliphatic heterocycles. The number of aromatic amines is 1. The zero-order valence-electron chi connectivity index (χ0n) is 16.9. The summed E-state index contributed by atoms with van der Waals surface area (Å²) in [6, 6.07) is 9.83. The summed E-state index contributed by atoms with van der Waals surface area (Å²) in [5, 5.41) is 20.8. The number of carboxylic acids is 1. The maximum atomic E-state index is 13.0. The van der Waals surface area contributed by atoms with Crippen LogP contribution in [0.4, 0.5) is 0 Å². The molecular formula is C24H25NO5. The average Bonchev–Trinajstić information content (AvgIpc) is 3.40. The molecule has 1 atom stereocenters. The number of aliphatic carboxylic acids is 1. The number of fused-ring (bicyclic) bond motifs is 1. The van der Waals surface area contributed by atoms with Crippen LogP contribution in [0.3, 0.4) is 0 Å². The molecule has 3 N–H and O–H groups in total. The average molecular weight is 407 g/mol. The molecule has 1 aliphatic carbocycles. The number of rotatable bonds is 7. The van der Waals surface area contributed by atoms with Crippen molar-refractivity contribution in [3.05, 3.63) is 59.3 Å². The Labute approximate surface area is 174 Å². The van der Waals surface area contributed by atoms with E-state index in [0.29, 0.717) is 29.2 Å². The Morgan fingerprint density at radius 1 is 1.20 bits per heavy atom. The second-order valence-corrected chi connectivity index (χ2v) is 7.96. The van der Waals surface area contributed by atoms with Crippen LogP contribution in [-0.4, -0.2) is 34.1 Å². The van der Waals surface area contributed by atoms with Crippen LogP contribution < -0.4 is 4.74 Å². The molecule has 1 fully saturated rings. The molecule has 4 rings (SSSR count). The van der Waals surface area contributed by atoms with E-state index in [0.717, 1.165) is 23.8 Å². The van der Waals surface area contributed by atoms with Crippen molar-refractivity contribution in [2.45, 2.75) is 38.0 Å². The first kappa shape index (κ1) is 20.0. The van der Waals surface area contributed by atoms with Gasteiger partial charge in [0.15, 0.2) is 0 Å². The monoisotopic (exact) mass is 407 g/mol. The number of phenols is 1. The van der Waals surface area contributed by atoms with Gasteiger partial charge >= 0.3 is 5.97 Å². The van der Waals surface area contributed by atoms with E-state index >= 15 is 0 Å². The number of H-pyrrole nitrogens is 1. The van der Waals surface area contributed by atoms with E-state index in [2.05, 4.69) is 4.98 Å². The number of phenolic OH excluding ortho intramolecular Hbond substituents is 1. The van der Waals surface area contributed by atoms with Gasteiger partial charge in [0, 0.05) is 22.7 Å². The summed E-state index contributed by atoms with van der Waals surface area (Å²) >= 11 is 0. The maximum absolute atomic E-state index is 13.0. The highest BCUT2D eigenvalue weighted by atomic mass is 16.5. The first-order valence-electron chi connectivity index (χ1n) is 10.2. The molecule has 156 valence electrons. The molecule has 0 saturated heterocycles. The fraction of sp³-hybridized carbons (Fsp3) is 0.333. The third-order valence-corrected chi connectivity index (χ3v) is 6.14. The SMILES string of the molecule is COc1cccc(O)c1C(=O)c1ccc2c(C(CC3CCCC3)C(=O)O)c[nH]c2c1. The molecule has 0 bridgehead atoms. The third kappa shape index (κ3) is 3.65. The van der Waals surface area contributed by atoms with Gasteiger partial charge in [-0.25, -0.2) is 0 Å². The minimum atomic E-state index is -0.818. The zero-order chi connectivity index (χ0) is 21.3. The molecule has 0 amide bonds. The summed E-state index contributed by atoms with van der Waals surface area (Å²) < 4.78 is 5.23. The molecule has 6 heteroatoms. The van der Waals surface area contributed by atoms with E-state index in [4.69, 9.17) is 4.74 Å². The highest BCUT2D eigenvalue weighted by Gasteiger charge is 2.28. The Morgan fingerprint density at radius 2 is 1.97 bits per heavy atom. The standard InChI is InChI=1S/C24H25NO5/c1-30-21-8-4-7-20(26)22(21)23(27)15-9-10-16-18(13-25-19(16)12-15)17(24(28)29)11-14-5-2-3-6-14/h4,7-10,12-14,17,25-26H,2-3,5-6,11H2,1H3,(H,28,29). The van der Waals surface area contributed by atoms with Crippen LogP contribution in [0.1, 0.15) is 59.5 Å². The predicted molar refractivity (Wildman–Crippen MR) is 113 cm³/mol. The van der Waals surface area contributed by atoms with Crippen LogP contribution in [0.5, 0.6) is 11.5 Å². The molecule has 6 nitrogen and oxygen atoms in total. The van der Waals surface area contributed by atoms with Gasteiger partial charge in [0.25, 0.3) is 0 Å². The Morgan fingerprint density at radius 3 is 2.67 bits per heavy atom. The lowest BCUT2D eigenvalue weighted by molar-refractivity contribution is -0.139. The number of methoxy groups -OCH3 is 1. The highest BCUT2D eigenvalue weighted by Crippen LogP contribution is 2.37. The van der Waals surface area contributed by atoms with Gasteiger partial charge in [-0.15, -0.1) is 0 Å². The molecule has 1 heterocycles. The Bertz CT molecular complexity index is 1090. The van der Waals surface area contributed by atoms with Gasteiger partial charge in [0.05, 0.1) is 13.0 Å². The van der Waals surface area contributed by atoms with Crippen LogP contribution in [0, 0.1) is 5.92 Å². The molecule has 1 aromatic heterocycles. The number of benzene rings is 2. The predicted octanol–water partition coefficient (Wildman–Crippen LogP) is 4.86. The lowest BCUT2D eigenvalue weighted by atomic mass is 9.87. The third-order valence-electron chi connectivity index (χ3n) is 6.14. The van der Waals surface area contributed by atoms with Crippen LogP contribution in [0.25, 0.3) is 10.9 Å². The Balaban J connectivity index is 1.68. The summed E-state index contributed by atoms with van der Waals surface area (Å²) in [6.45, 7) is 0. The lowest BCUT2D eigenvalue weighted by Gasteiger charge is -2.16. The van der Waals surface area contributed by atoms with E-state index in [1.54, 1.807) is 36.5 Å². The van der Waals surface area contributed by atoms with Gasteiger partial charge in [-0.2, -0.15) is 0 Å². The topological polar surface area (TPSA) is 99.6 Å². The van der Waals surface area contributed by atoms with Crippen LogP contribution >= 0.6 is 0 Å². The lowest BCUT2D eigenvalue weighted by Crippen LogP contribution is -2.14. The minimum absolute atomic E-state index is 0.107. The number of carbonyl (C=O) groups is 2. The van der Waals surface area contributed by atoms with E-state index in [9.17, 15) is 19.8 Å². The second kappa shape index (κ2) is 8.22. The number of hydrogen-bond donors (Lipinski definition) is 3. The number of aromatic nitrogens is 1. The van der Waals surface area contributed by atoms with E-state index < -0.39 is 11.9 Å². The molecular weight excluding hydrogens is 382 g/mol. The molecule has 1 aliphatic rings. The molecule has 1 saturated carbocycles. The smallest absolute Gasteiger partial charge is 0.311 e. The van der Waals surface area contributed by atoms with Gasteiger partial charge in [-0.3, -0.25) is 9.59 Å². The van der Waals surface area contributed by atoms with Crippen molar-refractivity contribution in [2.75, 3.05) is 7.11 Å². The molecule has 3 aromatic rings. The van der Waals surface area contributed by atoms with Gasteiger partial charge in [-0.1, -0.05) is 43.9 Å². The van der Waals surface area contributed by atoms with Crippen molar-refractivity contribution in [1.82, 2.24) is 4.98 Å². The normalized spacial score (nSPS) is 15.4. The first-order chi connectivity index (χ1) is 14.5. The van der Waals surface area contributed by atoms with E-state index in [-0.39, 0.29) is 17.1 Å². The quantitative estimate of drug-likeness (QED) is 0.486. The van der Waals surface area contributed by atoms with Crippen LogP contribution in [0.15, 0.2) is 42.6 Å². The second-order valence-electron chi connectivity index (χ2n) is 7.96. The van der Waals surface area contributed by atoms with Crippen molar-refractivity contribution >= 4 is 22.7 Å². The molecule has 0 spiro atoms. The number of ether oxygens (including phenoxy) is 1. The summed E-state index contributed by atoms with van der Waals surface area (Å²) in [5.41, 5.74) is 1.94. The van der Waals surface area contributed by atoms with E-state index in [1.807, 2.05) is 0 Å². The van der Waals surface area contributed by atoms with Crippen LogP contribution in [-0.2, 0) is 4.79 Å². The summed E-state index contributed by atoms with van der Waals surface area (Å²) in [6.07, 6.45) is 6.91. The van der Waals surface area contributed by atoms with Gasteiger partial charge in [-0.05, 0) is 36.1 Å². The number of aromatic hydroxyl groups is 1. The number of carbonyl (C=O) groups excluding carboxylic acids is 1. The van der Waals surface area contributed by atoms with Crippen molar-refractivity contribution < 1.29 is 24.5 Å². The summed E-state index contributed by atoms with van der Waals surface area (Å²) in [5.74, 6) is -1.14. The molecule has 1 unspecified atom stereocenters. The largest absolute Gasteiger partial charge is 0.507 e. The van der Waals surface area contributed by atoms with Crippen LogP contribution in [0.2, 0.25) is 0 Å². The Kier molecular flexibility index (Phi) is 5.48. The number of carboxylic acid groups (broad SMARTS) is 1. The Hall–Kier alpha value is -3.28. The van der Waals surface area contributed by atoms with Gasteiger partial charge < -0.3 is 19.9 Å². The molecule has 2 aromatic carbocycles. The van der Waals surface area contributed by atoms with Crippen molar-refractivity contribution in [2.24, 2.45) is 5.92 Å². The number of nitrogens with one attached hydrogen (secondary N) is 1. The summed E-state index contributed by atoms with van der Waals surface area (Å²) in [7, 11) is 1.45. The van der Waals surface area contributed by atoms with Crippen molar-refractivity contribution in [3.8, 4) is 11.5 Å². The maximum Gasteiger partial charge on any atom is 0.311 e. The number of ketones is 1. The highest BCUT2D eigenvalue weighted by molar-refractivity contribution is 6.13. The molecule has 0 radical (unpaired) electrons.